The molecule has 0 bridgehead atoms. The molecule has 0 spiro atoms. The van der Waals surface area contributed by atoms with Crippen LogP contribution >= 0.6 is 11.6 Å². The van der Waals surface area contributed by atoms with E-state index in [4.69, 9.17) is 22.1 Å². The second-order valence-electron chi connectivity index (χ2n) is 3.93. The summed E-state index contributed by atoms with van der Waals surface area (Å²) in [6.45, 7) is 4.19. The summed E-state index contributed by atoms with van der Waals surface area (Å²) >= 11 is 6.04. The molecule has 0 saturated heterocycles. The molecule has 1 aromatic carbocycles. The molecule has 18 heavy (non-hydrogen) atoms. The minimum atomic E-state index is 0.349. The molecule has 1 aromatic heterocycles. The van der Waals surface area contributed by atoms with Crippen molar-refractivity contribution in [3.05, 3.63) is 46.1 Å². The summed E-state index contributed by atoms with van der Waals surface area (Å²) in [6, 6.07) is 7.22. The van der Waals surface area contributed by atoms with Gasteiger partial charge in [0.25, 0.3) is 0 Å². The lowest BCUT2D eigenvalue weighted by molar-refractivity contribution is 0.446. The maximum Gasteiger partial charge on any atom is 0.243 e. The zero-order chi connectivity index (χ0) is 13.1. The molecule has 0 radical (unpaired) electrons. The number of hydrogen-bond donors (Lipinski definition) is 1. The van der Waals surface area contributed by atoms with Gasteiger partial charge in [-0.3, -0.25) is 0 Å². The second-order valence-corrected chi connectivity index (χ2v) is 4.34. The van der Waals surface area contributed by atoms with Crippen molar-refractivity contribution >= 4 is 11.6 Å². The van der Waals surface area contributed by atoms with E-state index in [1.54, 1.807) is 12.1 Å². The Labute approximate surface area is 111 Å². The van der Waals surface area contributed by atoms with Gasteiger partial charge in [0.1, 0.15) is 5.75 Å². The molecular weight excluding hydrogens is 250 g/mol. The first-order valence-electron chi connectivity index (χ1n) is 5.58. The van der Waals surface area contributed by atoms with Crippen LogP contribution in [0.5, 0.6) is 11.6 Å². The fourth-order valence-corrected chi connectivity index (χ4v) is 1.76. The number of rotatable bonds is 3. The van der Waals surface area contributed by atoms with Crippen LogP contribution in [0.2, 0.25) is 5.02 Å². The van der Waals surface area contributed by atoms with Gasteiger partial charge in [-0.15, -0.1) is 5.10 Å². The number of nitrogens with two attached hydrogens (primary N) is 1. The van der Waals surface area contributed by atoms with E-state index < -0.39 is 0 Å². The van der Waals surface area contributed by atoms with Crippen molar-refractivity contribution in [1.29, 1.82) is 0 Å². The van der Waals surface area contributed by atoms with Crippen LogP contribution in [0.15, 0.2) is 24.3 Å². The third-order valence-corrected chi connectivity index (χ3v) is 3.10. The van der Waals surface area contributed by atoms with E-state index in [1.807, 2.05) is 26.0 Å². The van der Waals surface area contributed by atoms with Crippen molar-refractivity contribution in [2.75, 3.05) is 0 Å². The van der Waals surface area contributed by atoms with Crippen LogP contribution in [-0.4, -0.2) is 10.2 Å². The summed E-state index contributed by atoms with van der Waals surface area (Å²) in [4.78, 5) is 0. The Balaban J connectivity index is 2.41. The molecule has 2 rings (SSSR count). The molecule has 0 fully saturated rings. The van der Waals surface area contributed by atoms with Crippen LogP contribution < -0.4 is 10.5 Å². The smallest absolute Gasteiger partial charge is 0.243 e. The maximum absolute atomic E-state index is 6.04. The lowest BCUT2D eigenvalue weighted by Gasteiger charge is -2.12. The molecule has 94 valence electrons. The summed E-state index contributed by atoms with van der Waals surface area (Å²) in [5.74, 6) is 0.958. The number of nitrogens with zero attached hydrogens (tertiary/aromatic N) is 2. The molecule has 2 aromatic rings. The standard InChI is InChI=1S/C13H14ClN3O/c1-8-9(2)16-17-13(10(8)7-15)18-12-6-4-3-5-11(12)14/h3-6H,7,15H2,1-2H3. The van der Waals surface area contributed by atoms with E-state index in [2.05, 4.69) is 10.2 Å². The van der Waals surface area contributed by atoms with Crippen molar-refractivity contribution in [2.45, 2.75) is 20.4 Å². The van der Waals surface area contributed by atoms with E-state index in [1.165, 1.54) is 0 Å². The number of para-hydroxylation sites is 1. The predicted octanol–water partition coefficient (Wildman–Crippen LogP) is 3.00. The molecule has 0 atom stereocenters. The van der Waals surface area contributed by atoms with Gasteiger partial charge >= 0.3 is 0 Å². The van der Waals surface area contributed by atoms with E-state index in [-0.39, 0.29) is 0 Å². The Morgan fingerprint density at radius 3 is 2.61 bits per heavy atom. The second kappa shape index (κ2) is 5.33. The van der Waals surface area contributed by atoms with Crippen LogP contribution in [0.25, 0.3) is 0 Å². The minimum Gasteiger partial charge on any atom is -0.436 e. The van der Waals surface area contributed by atoms with Crippen LogP contribution in [-0.2, 0) is 6.54 Å². The Bertz CT molecular complexity index is 572. The summed E-state index contributed by atoms with van der Waals surface area (Å²) in [5.41, 5.74) is 8.42. The van der Waals surface area contributed by atoms with Crippen LogP contribution in [0, 0.1) is 13.8 Å². The topological polar surface area (TPSA) is 61.0 Å². The predicted molar refractivity (Wildman–Crippen MR) is 70.9 cm³/mol. The van der Waals surface area contributed by atoms with Crippen molar-refractivity contribution in [3.8, 4) is 11.6 Å². The molecule has 0 aliphatic heterocycles. The fourth-order valence-electron chi connectivity index (χ4n) is 1.59. The van der Waals surface area contributed by atoms with Crippen molar-refractivity contribution in [3.63, 3.8) is 0 Å². The van der Waals surface area contributed by atoms with Gasteiger partial charge in [0.15, 0.2) is 0 Å². The summed E-state index contributed by atoms with van der Waals surface area (Å²) in [7, 11) is 0. The summed E-state index contributed by atoms with van der Waals surface area (Å²) in [6.07, 6.45) is 0. The van der Waals surface area contributed by atoms with Gasteiger partial charge in [-0.1, -0.05) is 23.7 Å². The van der Waals surface area contributed by atoms with Gasteiger partial charge in [0.05, 0.1) is 10.7 Å². The molecule has 0 unspecified atom stereocenters. The summed E-state index contributed by atoms with van der Waals surface area (Å²) in [5, 5.41) is 8.60. The Morgan fingerprint density at radius 1 is 1.22 bits per heavy atom. The molecule has 0 amide bonds. The fraction of sp³-hybridized carbons (Fsp3) is 0.231. The third-order valence-electron chi connectivity index (χ3n) is 2.79. The number of halogens is 1. The first-order valence-corrected chi connectivity index (χ1v) is 5.96. The van der Waals surface area contributed by atoms with Crippen molar-refractivity contribution < 1.29 is 4.74 Å². The highest BCUT2D eigenvalue weighted by atomic mass is 35.5. The lowest BCUT2D eigenvalue weighted by atomic mass is 10.1. The maximum atomic E-state index is 6.04. The summed E-state index contributed by atoms with van der Waals surface area (Å²) < 4.78 is 5.68. The monoisotopic (exact) mass is 263 g/mol. The zero-order valence-corrected chi connectivity index (χ0v) is 11.0. The molecule has 0 aliphatic carbocycles. The Kier molecular flexibility index (Phi) is 3.79. The van der Waals surface area contributed by atoms with E-state index in [0.717, 1.165) is 16.8 Å². The quantitative estimate of drug-likeness (QED) is 0.925. The molecule has 2 N–H and O–H groups in total. The molecule has 0 aliphatic rings. The highest BCUT2D eigenvalue weighted by Gasteiger charge is 2.12. The van der Waals surface area contributed by atoms with Crippen molar-refractivity contribution in [2.24, 2.45) is 5.73 Å². The highest BCUT2D eigenvalue weighted by molar-refractivity contribution is 6.32. The van der Waals surface area contributed by atoms with Gasteiger partial charge in [-0.25, -0.2) is 0 Å². The molecule has 5 heteroatoms. The number of aryl methyl sites for hydroxylation is 1. The first-order chi connectivity index (χ1) is 8.63. The van der Waals surface area contributed by atoms with Gasteiger partial charge < -0.3 is 10.5 Å². The zero-order valence-electron chi connectivity index (χ0n) is 10.3. The molecule has 0 saturated carbocycles. The number of aromatic nitrogens is 2. The third kappa shape index (κ3) is 2.44. The molecule has 4 nitrogen and oxygen atoms in total. The average Bonchev–Trinajstić information content (AvgIpc) is 2.37. The first kappa shape index (κ1) is 12.8. The highest BCUT2D eigenvalue weighted by Crippen LogP contribution is 2.30. The van der Waals surface area contributed by atoms with Gasteiger partial charge in [-0.2, -0.15) is 5.10 Å². The number of benzene rings is 1. The average molecular weight is 264 g/mol. The van der Waals surface area contributed by atoms with Crippen molar-refractivity contribution in [1.82, 2.24) is 10.2 Å². The van der Waals surface area contributed by atoms with Crippen LogP contribution in [0.3, 0.4) is 0 Å². The van der Waals surface area contributed by atoms with E-state index >= 15 is 0 Å². The normalized spacial score (nSPS) is 10.4. The largest absolute Gasteiger partial charge is 0.436 e. The van der Waals surface area contributed by atoms with Gasteiger partial charge in [0.2, 0.25) is 5.88 Å². The van der Waals surface area contributed by atoms with Crippen LogP contribution in [0.4, 0.5) is 0 Å². The molecular formula is C13H14ClN3O. The van der Waals surface area contributed by atoms with Crippen LogP contribution in [0.1, 0.15) is 16.8 Å². The number of hydrogen-bond acceptors (Lipinski definition) is 4. The van der Waals surface area contributed by atoms with Gasteiger partial charge in [-0.05, 0) is 31.5 Å². The van der Waals surface area contributed by atoms with E-state index in [0.29, 0.717) is 23.2 Å². The minimum absolute atomic E-state index is 0.349. The lowest BCUT2D eigenvalue weighted by Crippen LogP contribution is -2.07. The Morgan fingerprint density at radius 2 is 1.94 bits per heavy atom. The van der Waals surface area contributed by atoms with E-state index in [9.17, 15) is 0 Å². The molecule has 1 heterocycles. The van der Waals surface area contributed by atoms with Gasteiger partial charge in [0, 0.05) is 12.1 Å². The Hall–Kier alpha value is -1.65. The SMILES string of the molecule is Cc1nnc(Oc2ccccc2Cl)c(CN)c1C. The number of ether oxygens (including phenoxy) is 1.